The standard InChI is InChI=1S/C14H23N3O/c18-11-12-3-8-17-13(9-12)10-15-14(17)4-7-16-5-1-2-6-16/h10,12,18H,1-9,11H2. The van der Waals surface area contributed by atoms with Crippen molar-refractivity contribution in [1.82, 2.24) is 14.5 Å². The van der Waals surface area contributed by atoms with E-state index < -0.39 is 0 Å². The highest BCUT2D eigenvalue weighted by molar-refractivity contribution is 5.09. The molecule has 0 bridgehead atoms. The first-order chi connectivity index (χ1) is 8.86. The van der Waals surface area contributed by atoms with E-state index in [0.29, 0.717) is 12.5 Å². The summed E-state index contributed by atoms with van der Waals surface area (Å²) in [6.45, 7) is 5.03. The zero-order valence-corrected chi connectivity index (χ0v) is 11.0. The van der Waals surface area contributed by atoms with Crippen molar-refractivity contribution in [2.45, 2.75) is 38.6 Å². The number of rotatable bonds is 4. The van der Waals surface area contributed by atoms with Gasteiger partial charge in [-0.15, -0.1) is 0 Å². The molecule has 1 saturated heterocycles. The van der Waals surface area contributed by atoms with E-state index in [1.54, 1.807) is 0 Å². The monoisotopic (exact) mass is 249 g/mol. The average molecular weight is 249 g/mol. The minimum atomic E-state index is 0.314. The molecule has 1 unspecified atom stereocenters. The van der Waals surface area contributed by atoms with E-state index >= 15 is 0 Å². The number of aromatic nitrogens is 2. The smallest absolute Gasteiger partial charge is 0.110 e. The molecule has 4 heteroatoms. The van der Waals surface area contributed by atoms with E-state index in [0.717, 1.165) is 32.4 Å². The lowest BCUT2D eigenvalue weighted by atomic mass is 9.97. The zero-order valence-electron chi connectivity index (χ0n) is 11.0. The Morgan fingerprint density at radius 1 is 1.28 bits per heavy atom. The third-order valence-electron chi connectivity index (χ3n) is 4.39. The van der Waals surface area contributed by atoms with Gasteiger partial charge in [0.15, 0.2) is 0 Å². The minimum Gasteiger partial charge on any atom is -0.396 e. The molecule has 0 aliphatic carbocycles. The second-order valence-corrected chi connectivity index (χ2v) is 5.66. The Bertz CT molecular complexity index is 396. The highest BCUT2D eigenvalue weighted by Crippen LogP contribution is 2.22. The first-order valence-electron chi connectivity index (χ1n) is 7.23. The molecule has 100 valence electrons. The van der Waals surface area contributed by atoms with Crippen LogP contribution in [0.2, 0.25) is 0 Å². The number of hydrogen-bond donors (Lipinski definition) is 1. The number of fused-ring (bicyclic) bond motifs is 1. The Morgan fingerprint density at radius 2 is 2.11 bits per heavy atom. The van der Waals surface area contributed by atoms with Crippen molar-refractivity contribution in [2.24, 2.45) is 5.92 Å². The predicted molar refractivity (Wildman–Crippen MR) is 70.5 cm³/mol. The fourth-order valence-corrected chi connectivity index (χ4v) is 3.22. The van der Waals surface area contributed by atoms with Crippen LogP contribution in [0.15, 0.2) is 6.20 Å². The molecule has 1 fully saturated rings. The second-order valence-electron chi connectivity index (χ2n) is 5.66. The van der Waals surface area contributed by atoms with Crippen molar-refractivity contribution >= 4 is 0 Å². The maximum Gasteiger partial charge on any atom is 0.110 e. The number of hydrogen-bond acceptors (Lipinski definition) is 3. The molecule has 0 saturated carbocycles. The van der Waals surface area contributed by atoms with Gasteiger partial charge in [-0.25, -0.2) is 4.98 Å². The van der Waals surface area contributed by atoms with Crippen molar-refractivity contribution < 1.29 is 5.11 Å². The van der Waals surface area contributed by atoms with Crippen LogP contribution in [0.5, 0.6) is 0 Å². The van der Waals surface area contributed by atoms with Crippen LogP contribution in [-0.2, 0) is 19.4 Å². The SMILES string of the molecule is OCC1CCn2c(cnc2CCN2CCCC2)C1. The van der Waals surface area contributed by atoms with Gasteiger partial charge in [0, 0.05) is 38.0 Å². The fraction of sp³-hybridized carbons (Fsp3) is 0.786. The number of nitrogens with zero attached hydrogens (tertiary/aromatic N) is 3. The Kier molecular flexibility index (Phi) is 3.66. The molecule has 18 heavy (non-hydrogen) atoms. The molecule has 0 spiro atoms. The molecule has 0 aromatic carbocycles. The van der Waals surface area contributed by atoms with Gasteiger partial charge in [-0.1, -0.05) is 0 Å². The molecule has 0 radical (unpaired) electrons. The van der Waals surface area contributed by atoms with Gasteiger partial charge < -0.3 is 14.6 Å². The molecule has 4 nitrogen and oxygen atoms in total. The highest BCUT2D eigenvalue weighted by atomic mass is 16.3. The quantitative estimate of drug-likeness (QED) is 0.868. The van der Waals surface area contributed by atoms with Crippen LogP contribution in [0, 0.1) is 5.92 Å². The summed E-state index contributed by atoms with van der Waals surface area (Å²) in [4.78, 5) is 7.12. The average Bonchev–Trinajstić information content (AvgIpc) is 3.05. The Labute approximate surface area is 109 Å². The lowest BCUT2D eigenvalue weighted by Gasteiger charge is -2.23. The van der Waals surface area contributed by atoms with E-state index in [1.807, 2.05) is 6.20 Å². The molecule has 1 N–H and O–H groups in total. The zero-order chi connectivity index (χ0) is 12.4. The molecule has 1 aromatic rings. The van der Waals surface area contributed by atoms with Gasteiger partial charge in [0.1, 0.15) is 5.82 Å². The number of aliphatic hydroxyl groups excluding tert-OH is 1. The van der Waals surface area contributed by atoms with Crippen molar-refractivity contribution in [3.8, 4) is 0 Å². The van der Waals surface area contributed by atoms with Gasteiger partial charge in [-0.05, 0) is 44.7 Å². The Balaban J connectivity index is 1.61. The third-order valence-corrected chi connectivity index (χ3v) is 4.39. The fourth-order valence-electron chi connectivity index (χ4n) is 3.22. The van der Waals surface area contributed by atoms with E-state index in [4.69, 9.17) is 0 Å². The van der Waals surface area contributed by atoms with Crippen LogP contribution in [0.25, 0.3) is 0 Å². The van der Waals surface area contributed by atoms with Crippen LogP contribution in [0.1, 0.15) is 30.8 Å². The molecular formula is C14H23N3O. The topological polar surface area (TPSA) is 41.3 Å². The lowest BCUT2D eigenvalue weighted by Crippen LogP contribution is -2.26. The maximum absolute atomic E-state index is 9.23. The van der Waals surface area contributed by atoms with E-state index in [1.165, 1.54) is 37.4 Å². The van der Waals surface area contributed by atoms with Crippen LogP contribution >= 0.6 is 0 Å². The van der Waals surface area contributed by atoms with Crippen LogP contribution < -0.4 is 0 Å². The summed E-state index contributed by atoms with van der Waals surface area (Å²) in [7, 11) is 0. The summed E-state index contributed by atoms with van der Waals surface area (Å²) < 4.78 is 2.38. The summed E-state index contributed by atoms with van der Waals surface area (Å²) in [6.07, 6.45) is 7.89. The second kappa shape index (κ2) is 5.41. The van der Waals surface area contributed by atoms with Gasteiger partial charge in [-0.2, -0.15) is 0 Å². The van der Waals surface area contributed by atoms with Gasteiger partial charge in [-0.3, -0.25) is 0 Å². The van der Waals surface area contributed by atoms with E-state index in [-0.39, 0.29) is 0 Å². The third kappa shape index (κ3) is 2.45. The van der Waals surface area contributed by atoms with Crippen LogP contribution in [-0.4, -0.2) is 45.8 Å². The number of likely N-dealkylation sites (tertiary alicyclic amines) is 1. The molecular weight excluding hydrogens is 226 g/mol. The van der Waals surface area contributed by atoms with Crippen molar-refractivity contribution in [3.05, 3.63) is 17.7 Å². The predicted octanol–water partition coefficient (Wildman–Crippen LogP) is 1.08. The summed E-state index contributed by atoms with van der Waals surface area (Å²) >= 11 is 0. The highest BCUT2D eigenvalue weighted by Gasteiger charge is 2.21. The number of imidazole rings is 1. The Hall–Kier alpha value is -0.870. The van der Waals surface area contributed by atoms with E-state index in [2.05, 4.69) is 14.5 Å². The van der Waals surface area contributed by atoms with Crippen LogP contribution in [0.4, 0.5) is 0 Å². The summed E-state index contributed by atoms with van der Waals surface area (Å²) in [6, 6.07) is 0. The molecule has 1 aromatic heterocycles. The normalized spacial score (nSPS) is 24.4. The molecule has 2 aliphatic rings. The summed E-state index contributed by atoms with van der Waals surface area (Å²) in [5, 5.41) is 9.23. The van der Waals surface area contributed by atoms with E-state index in [9.17, 15) is 5.11 Å². The van der Waals surface area contributed by atoms with Gasteiger partial charge in [0.05, 0.1) is 0 Å². The van der Waals surface area contributed by atoms with Gasteiger partial charge in [0.2, 0.25) is 0 Å². The summed E-state index contributed by atoms with van der Waals surface area (Å²) in [5.74, 6) is 1.69. The molecule has 2 aliphatic heterocycles. The molecule has 1 atom stereocenters. The van der Waals surface area contributed by atoms with Crippen molar-refractivity contribution in [3.63, 3.8) is 0 Å². The van der Waals surface area contributed by atoms with Crippen LogP contribution in [0.3, 0.4) is 0 Å². The van der Waals surface area contributed by atoms with Gasteiger partial charge >= 0.3 is 0 Å². The molecule has 3 rings (SSSR count). The van der Waals surface area contributed by atoms with Crippen molar-refractivity contribution in [2.75, 3.05) is 26.2 Å². The first-order valence-corrected chi connectivity index (χ1v) is 7.23. The maximum atomic E-state index is 9.23. The minimum absolute atomic E-state index is 0.314. The van der Waals surface area contributed by atoms with Gasteiger partial charge in [0.25, 0.3) is 0 Å². The first kappa shape index (κ1) is 12.2. The number of aliphatic hydroxyl groups is 1. The summed E-state index contributed by atoms with van der Waals surface area (Å²) in [5.41, 5.74) is 1.32. The van der Waals surface area contributed by atoms with Crippen molar-refractivity contribution in [1.29, 1.82) is 0 Å². The molecule has 0 amide bonds. The largest absolute Gasteiger partial charge is 0.396 e. The lowest BCUT2D eigenvalue weighted by molar-refractivity contribution is 0.200. The molecule has 3 heterocycles. The Morgan fingerprint density at radius 3 is 2.89 bits per heavy atom.